The predicted molar refractivity (Wildman–Crippen MR) is 89.7 cm³/mol. The number of amides is 1. The van der Waals surface area contributed by atoms with E-state index in [0.29, 0.717) is 6.42 Å². The summed E-state index contributed by atoms with van der Waals surface area (Å²) in [6, 6.07) is 7.05. The van der Waals surface area contributed by atoms with Gasteiger partial charge in [0, 0.05) is 12.1 Å². The lowest BCUT2D eigenvalue weighted by Crippen LogP contribution is -2.46. The van der Waals surface area contributed by atoms with Crippen molar-refractivity contribution in [1.82, 2.24) is 16.2 Å². The van der Waals surface area contributed by atoms with E-state index in [2.05, 4.69) is 29.2 Å². The highest BCUT2D eigenvalue weighted by atomic mass is 16.3. The van der Waals surface area contributed by atoms with E-state index in [1.54, 1.807) is 12.1 Å². The zero-order valence-electron chi connectivity index (χ0n) is 13.5. The molecule has 1 aliphatic carbocycles. The summed E-state index contributed by atoms with van der Waals surface area (Å²) < 4.78 is 0. The van der Waals surface area contributed by atoms with Gasteiger partial charge in [-0.2, -0.15) is 0 Å². The Bertz CT molecular complexity index is 582. The summed E-state index contributed by atoms with van der Waals surface area (Å²) in [4.78, 5) is 12.4. The summed E-state index contributed by atoms with van der Waals surface area (Å²) in [7, 11) is 0. The molecule has 1 amide bonds. The van der Waals surface area contributed by atoms with Crippen molar-refractivity contribution in [3.05, 3.63) is 41.5 Å². The number of hydrazine groups is 1. The van der Waals surface area contributed by atoms with Crippen LogP contribution in [-0.2, 0) is 4.79 Å². The minimum Gasteiger partial charge on any atom is -0.508 e. The first-order chi connectivity index (χ1) is 11.1. The maximum absolute atomic E-state index is 12.4. The molecule has 0 aromatic heterocycles. The summed E-state index contributed by atoms with van der Waals surface area (Å²) in [5.41, 5.74) is 8.67. The zero-order chi connectivity index (χ0) is 16.2. The van der Waals surface area contributed by atoms with Crippen LogP contribution in [0.2, 0.25) is 0 Å². The molecule has 0 bridgehead atoms. The second kappa shape index (κ2) is 7.15. The Labute approximate surface area is 137 Å². The molecule has 1 heterocycles. The van der Waals surface area contributed by atoms with Gasteiger partial charge in [0.1, 0.15) is 11.8 Å². The van der Waals surface area contributed by atoms with Gasteiger partial charge in [0.25, 0.3) is 0 Å². The molecule has 1 aromatic rings. The number of nitrogens with one attached hydrogen (secondary N) is 3. The number of allylic oxidation sites excluding steroid dienone is 1. The summed E-state index contributed by atoms with van der Waals surface area (Å²) in [5, 5.41) is 12.5. The maximum Gasteiger partial charge on any atom is 0.239 e. The molecule has 1 aliphatic heterocycles. The number of rotatable bonds is 4. The van der Waals surface area contributed by atoms with Crippen molar-refractivity contribution in [2.45, 2.75) is 57.2 Å². The lowest BCUT2D eigenvalue weighted by Gasteiger charge is -2.22. The molecule has 2 aliphatic rings. The Morgan fingerprint density at radius 1 is 1.26 bits per heavy atom. The normalized spacial score (nSPS) is 25.7. The Morgan fingerprint density at radius 2 is 2.04 bits per heavy atom. The van der Waals surface area contributed by atoms with Gasteiger partial charge in [0.05, 0.1) is 0 Å². The first-order valence-electron chi connectivity index (χ1n) is 8.43. The van der Waals surface area contributed by atoms with Gasteiger partial charge in [0.2, 0.25) is 5.91 Å². The summed E-state index contributed by atoms with van der Waals surface area (Å²) in [6.07, 6.45) is 7.66. The van der Waals surface area contributed by atoms with Crippen molar-refractivity contribution in [2.75, 3.05) is 0 Å². The molecule has 1 saturated heterocycles. The SMILES string of the molecule is CC(NC(=O)C1CC(c2ccc(O)cc2)NN1)C1=CCCCC1. The summed E-state index contributed by atoms with van der Waals surface area (Å²) in [6.45, 7) is 2.06. The van der Waals surface area contributed by atoms with E-state index in [1.165, 1.54) is 18.4 Å². The number of hydrogen-bond acceptors (Lipinski definition) is 4. The van der Waals surface area contributed by atoms with Gasteiger partial charge in [-0.3, -0.25) is 4.79 Å². The highest BCUT2D eigenvalue weighted by molar-refractivity contribution is 5.82. The Hall–Kier alpha value is -1.85. The van der Waals surface area contributed by atoms with E-state index in [-0.39, 0.29) is 29.8 Å². The number of carbonyl (C=O) groups is 1. The minimum atomic E-state index is -0.236. The van der Waals surface area contributed by atoms with Crippen LogP contribution in [0.15, 0.2) is 35.9 Å². The van der Waals surface area contributed by atoms with Crippen molar-refractivity contribution in [1.29, 1.82) is 0 Å². The number of benzene rings is 1. The highest BCUT2D eigenvalue weighted by Crippen LogP contribution is 2.24. The van der Waals surface area contributed by atoms with Crippen LogP contribution < -0.4 is 16.2 Å². The van der Waals surface area contributed by atoms with Gasteiger partial charge in [0.15, 0.2) is 0 Å². The third-order valence-electron chi connectivity index (χ3n) is 4.76. The molecule has 1 fully saturated rings. The topological polar surface area (TPSA) is 73.4 Å². The monoisotopic (exact) mass is 315 g/mol. The molecule has 5 nitrogen and oxygen atoms in total. The standard InChI is InChI=1S/C18H25N3O2/c1-12(13-5-3-2-4-6-13)19-18(23)17-11-16(20-21-17)14-7-9-15(22)10-8-14/h5,7-10,12,16-17,20-22H,2-4,6,11H2,1H3,(H,19,23). The molecular weight excluding hydrogens is 290 g/mol. The smallest absolute Gasteiger partial charge is 0.239 e. The van der Waals surface area contributed by atoms with Crippen molar-refractivity contribution in [2.24, 2.45) is 0 Å². The van der Waals surface area contributed by atoms with Crippen LogP contribution in [0.3, 0.4) is 0 Å². The summed E-state index contributed by atoms with van der Waals surface area (Å²) in [5.74, 6) is 0.293. The Morgan fingerprint density at radius 3 is 2.74 bits per heavy atom. The van der Waals surface area contributed by atoms with Crippen molar-refractivity contribution in [3.8, 4) is 5.75 Å². The molecule has 0 saturated carbocycles. The molecule has 0 radical (unpaired) electrons. The predicted octanol–water partition coefficient (Wildman–Crippen LogP) is 2.30. The van der Waals surface area contributed by atoms with Gasteiger partial charge in [-0.05, 0) is 56.7 Å². The van der Waals surface area contributed by atoms with Crippen LogP contribution in [0.1, 0.15) is 50.6 Å². The lowest BCUT2D eigenvalue weighted by atomic mass is 9.94. The first-order valence-corrected chi connectivity index (χ1v) is 8.43. The van der Waals surface area contributed by atoms with Gasteiger partial charge in [-0.15, -0.1) is 0 Å². The number of carbonyl (C=O) groups excluding carboxylic acids is 1. The van der Waals surface area contributed by atoms with Gasteiger partial charge >= 0.3 is 0 Å². The second-order valence-electron chi connectivity index (χ2n) is 6.48. The van der Waals surface area contributed by atoms with Crippen LogP contribution in [-0.4, -0.2) is 23.1 Å². The minimum absolute atomic E-state index is 0.0396. The molecule has 0 spiro atoms. The number of aromatic hydroxyl groups is 1. The molecule has 1 aromatic carbocycles. The molecule has 3 atom stereocenters. The van der Waals surface area contributed by atoms with Crippen LogP contribution in [0.4, 0.5) is 0 Å². The van der Waals surface area contributed by atoms with E-state index in [4.69, 9.17) is 0 Å². The quantitative estimate of drug-likeness (QED) is 0.643. The fourth-order valence-corrected chi connectivity index (χ4v) is 3.32. The van der Waals surface area contributed by atoms with Gasteiger partial charge in [-0.1, -0.05) is 23.8 Å². The zero-order valence-corrected chi connectivity index (χ0v) is 13.5. The number of phenols is 1. The fraction of sp³-hybridized carbons (Fsp3) is 0.500. The van der Waals surface area contributed by atoms with Crippen molar-refractivity contribution in [3.63, 3.8) is 0 Å². The summed E-state index contributed by atoms with van der Waals surface area (Å²) >= 11 is 0. The van der Waals surface area contributed by atoms with Crippen LogP contribution in [0.25, 0.3) is 0 Å². The van der Waals surface area contributed by atoms with Crippen LogP contribution >= 0.6 is 0 Å². The molecule has 5 heteroatoms. The Balaban J connectivity index is 1.54. The average molecular weight is 315 g/mol. The molecular formula is C18H25N3O2. The molecule has 4 N–H and O–H groups in total. The first kappa shape index (κ1) is 16.0. The van der Waals surface area contributed by atoms with Gasteiger partial charge < -0.3 is 10.4 Å². The second-order valence-corrected chi connectivity index (χ2v) is 6.48. The highest BCUT2D eigenvalue weighted by Gasteiger charge is 2.31. The third-order valence-corrected chi connectivity index (χ3v) is 4.76. The number of hydrogen-bond donors (Lipinski definition) is 4. The van der Waals surface area contributed by atoms with E-state index < -0.39 is 0 Å². The van der Waals surface area contributed by atoms with Crippen molar-refractivity contribution >= 4 is 5.91 Å². The van der Waals surface area contributed by atoms with E-state index in [0.717, 1.165) is 18.4 Å². The molecule has 124 valence electrons. The largest absolute Gasteiger partial charge is 0.508 e. The molecule has 3 unspecified atom stereocenters. The van der Waals surface area contributed by atoms with Crippen LogP contribution in [0, 0.1) is 0 Å². The third kappa shape index (κ3) is 3.92. The van der Waals surface area contributed by atoms with E-state index >= 15 is 0 Å². The average Bonchev–Trinajstić information content (AvgIpc) is 3.06. The van der Waals surface area contributed by atoms with Crippen molar-refractivity contribution < 1.29 is 9.90 Å². The lowest BCUT2D eigenvalue weighted by molar-refractivity contribution is -0.123. The van der Waals surface area contributed by atoms with Crippen LogP contribution in [0.5, 0.6) is 5.75 Å². The molecule has 23 heavy (non-hydrogen) atoms. The van der Waals surface area contributed by atoms with E-state index in [9.17, 15) is 9.90 Å². The Kier molecular flexibility index (Phi) is 4.98. The molecule has 3 rings (SSSR count). The fourth-order valence-electron chi connectivity index (χ4n) is 3.32. The maximum atomic E-state index is 12.4. The van der Waals surface area contributed by atoms with E-state index in [1.807, 2.05) is 12.1 Å². The van der Waals surface area contributed by atoms with Gasteiger partial charge in [-0.25, -0.2) is 10.9 Å². The number of phenolic OH excluding ortho intramolecular Hbond substituents is 1.